The summed E-state index contributed by atoms with van der Waals surface area (Å²) in [6.45, 7) is 1.97. The summed E-state index contributed by atoms with van der Waals surface area (Å²) in [5.74, 6) is -0.546. The van der Waals surface area contributed by atoms with Gasteiger partial charge in [-0.3, -0.25) is 0 Å². The van der Waals surface area contributed by atoms with Crippen LogP contribution in [0.2, 0.25) is 0 Å². The topological polar surface area (TPSA) is 46.2 Å². The minimum Gasteiger partial charge on any atom is -0.507 e. The van der Waals surface area contributed by atoms with Gasteiger partial charge in [0.15, 0.2) is 0 Å². The predicted molar refractivity (Wildman–Crippen MR) is 57.6 cm³/mol. The molecule has 0 amide bonds. The van der Waals surface area contributed by atoms with Crippen LogP contribution in [0.1, 0.15) is 31.4 Å². The van der Waals surface area contributed by atoms with E-state index in [0.29, 0.717) is 10.9 Å². The van der Waals surface area contributed by atoms with E-state index in [4.69, 9.17) is 5.73 Å². The molecule has 1 aromatic rings. The number of nitrogens with two attached hydrogens (primary N) is 1. The summed E-state index contributed by atoms with van der Waals surface area (Å²) in [6, 6.07) is 2.33. The van der Waals surface area contributed by atoms with Gasteiger partial charge in [-0.05, 0) is 18.6 Å². The smallest absolute Gasteiger partial charge is 0.132 e. The standard InChI is InChI=1S/C10H13BrFNO/c1-2-3-8(13)10-7(12)4-6(11)5-9(10)14/h4-5,8,14H,2-3,13H2,1H3/t8-/m1/s1. The van der Waals surface area contributed by atoms with Gasteiger partial charge < -0.3 is 10.8 Å². The summed E-state index contributed by atoms with van der Waals surface area (Å²) in [6.07, 6.45) is 1.52. The van der Waals surface area contributed by atoms with E-state index in [1.54, 1.807) is 0 Å². The van der Waals surface area contributed by atoms with Crippen molar-refractivity contribution < 1.29 is 9.50 Å². The number of hydrogen-bond donors (Lipinski definition) is 2. The fourth-order valence-corrected chi connectivity index (χ4v) is 1.81. The maximum absolute atomic E-state index is 13.4. The van der Waals surface area contributed by atoms with Gasteiger partial charge in [0.25, 0.3) is 0 Å². The third-order valence-corrected chi connectivity index (χ3v) is 2.50. The van der Waals surface area contributed by atoms with Crippen molar-refractivity contribution in [3.63, 3.8) is 0 Å². The van der Waals surface area contributed by atoms with Gasteiger partial charge in [-0.15, -0.1) is 0 Å². The van der Waals surface area contributed by atoms with E-state index in [1.807, 2.05) is 6.92 Å². The Hall–Kier alpha value is -0.610. The van der Waals surface area contributed by atoms with E-state index >= 15 is 0 Å². The van der Waals surface area contributed by atoms with Crippen molar-refractivity contribution in [3.8, 4) is 5.75 Å². The van der Waals surface area contributed by atoms with Crippen LogP contribution in [-0.4, -0.2) is 5.11 Å². The quantitative estimate of drug-likeness (QED) is 0.879. The molecule has 14 heavy (non-hydrogen) atoms. The molecule has 78 valence electrons. The highest BCUT2D eigenvalue weighted by Crippen LogP contribution is 2.31. The highest BCUT2D eigenvalue weighted by molar-refractivity contribution is 9.10. The van der Waals surface area contributed by atoms with E-state index in [-0.39, 0.29) is 11.3 Å². The number of hydrogen-bond acceptors (Lipinski definition) is 2. The summed E-state index contributed by atoms with van der Waals surface area (Å²) in [5.41, 5.74) is 5.95. The summed E-state index contributed by atoms with van der Waals surface area (Å²) in [4.78, 5) is 0. The second-order valence-electron chi connectivity index (χ2n) is 3.22. The van der Waals surface area contributed by atoms with Crippen molar-refractivity contribution in [1.29, 1.82) is 0 Å². The van der Waals surface area contributed by atoms with Crippen LogP contribution >= 0.6 is 15.9 Å². The predicted octanol–water partition coefficient (Wildman–Crippen LogP) is 3.09. The van der Waals surface area contributed by atoms with Crippen molar-refractivity contribution in [1.82, 2.24) is 0 Å². The lowest BCUT2D eigenvalue weighted by atomic mass is 10.0. The molecule has 4 heteroatoms. The summed E-state index contributed by atoms with van der Waals surface area (Å²) in [5, 5.41) is 9.52. The SMILES string of the molecule is CCC[C@@H](N)c1c(O)cc(Br)cc1F. The Morgan fingerprint density at radius 1 is 1.57 bits per heavy atom. The number of phenolic OH excluding ortho intramolecular Hbond substituents is 1. The van der Waals surface area contributed by atoms with E-state index in [1.165, 1.54) is 12.1 Å². The molecule has 1 atom stereocenters. The van der Waals surface area contributed by atoms with E-state index in [2.05, 4.69) is 15.9 Å². The first-order valence-electron chi connectivity index (χ1n) is 4.49. The van der Waals surface area contributed by atoms with Crippen LogP contribution in [0.4, 0.5) is 4.39 Å². The molecule has 0 aliphatic heterocycles. The molecular formula is C10H13BrFNO. The van der Waals surface area contributed by atoms with Crippen LogP contribution in [-0.2, 0) is 0 Å². The molecule has 0 radical (unpaired) electrons. The summed E-state index contributed by atoms with van der Waals surface area (Å²) in [7, 11) is 0. The van der Waals surface area contributed by atoms with Gasteiger partial charge in [0.05, 0.1) is 0 Å². The van der Waals surface area contributed by atoms with Crippen LogP contribution in [0.3, 0.4) is 0 Å². The van der Waals surface area contributed by atoms with Gasteiger partial charge in [0.1, 0.15) is 11.6 Å². The molecule has 0 unspecified atom stereocenters. The summed E-state index contributed by atoms with van der Waals surface area (Å²) >= 11 is 3.09. The zero-order valence-electron chi connectivity index (χ0n) is 7.93. The normalized spacial score (nSPS) is 12.9. The lowest BCUT2D eigenvalue weighted by Crippen LogP contribution is -2.12. The summed E-state index contributed by atoms with van der Waals surface area (Å²) < 4.78 is 13.9. The maximum Gasteiger partial charge on any atom is 0.132 e. The van der Waals surface area contributed by atoms with Crippen LogP contribution in [0.15, 0.2) is 16.6 Å². The van der Waals surface area contributed by atoms with Gasteiger partial charge in [-0.2, -0.15) is 0 Å². The van der Waals surface area contributed by atoms with Crippen LogP contribution in [0, 0.1) is 5.82 Å². The largest absolute Gasteiger partial charge is 0.507 e. The van der Waals surface area contributed by atoms with Crippen molar-refractivity contribution in [2.75, 3.05) is 0 Å². The number of aromatic hydroxyl groups is 1. The lowest BCUT2D eigenvalue weighted by Gasteiger charge is -2.13. The van der Waals surface area contributed by atoms with Crippen molar-refractivity contribution in [2.45, 2.75) is 25.8 Å². The molecule has 0 aromatic heterocycles. The molecule has 0 heterocycles. The van der Waals surface area contributed by atoms with Gasteiger partial charge in [0.2, 0.25) is 0 Å². The van der Waals surface area contributed by atoms with E-state index < -0.39 is 11.9 Å². The third kappa shape index (κ3) is 2.45. The molecule has 0 spiro atoms. The first-order valence-corrected chi connectivity index (χ1v) is 5.29. The van der Waals surface area contributed by atoms with E-state index in [0.717, 1.165) is 6.42 Å². The Morgan fingerprint density at radius 2 is 2.21 bits per heavy atom. The molecule has 1 aromatic carbocycles. The Bertz CT molecular complexity index is 307. The highest BCUT2D eigenvalue weighted by Gasteiger charge is 2.16. The van der Waals surface area contributed by atoms with Gasteiger partial charge >= 0.3 is 0 Å². The highest BCUT2D eigenvalue weighted by atomic mass is 79.9. The van der Waals surface area contributed by atoms with Gasteiger partial charge in [0, 0.05) is 16.1 Å². The zero-order chi connectivity index (χ0) is 10.7. The molecule has 0 aliphatic carbocycles. The number of rotatable bonds is 3. The van der Waals surface area contributed by atoms with E-state index in [9.17, 15) is 9.50 Å². The lowest BCUT2D eigenvalue weighted by molar-refractivity contribution is 0.444. The molecule has 2 nitrogen and oxygen atoms in total. The third-order valence-electron chi connectivity index (χ3n) is 2.04. The fourth-order valence-electron chi connectivity index (χ4n) is 1.39. The molecule has 3 N–H and O–H groups in total. The number of phenols is 1. The van der Waals surface area contributed by atoms with Crippen molar-refractivity contribution in [3.05, 3.63) is 28.0 Å². The monoisotopic (exact) mass is 261 g/mol. The second-order valence-corrected chi connectivity index (χ2v) is 4.13. The van der Waals surface area contributed by atoms with Gasteiger partial charge in [-0.1, -0.05) is 29.3 Å². The van der Waals surface area contributed by atoms with Crippen LogP contribution in [0.5, 0.6) is 5.75 Å². The number of benzene rings is 1. The molecule has 0 bridgehead atoms. The first kappa shape index (κ1) is 11.5. The molecule has 0 saturated heterocycles. The Labute approximate surface area is 91.1 Å². The van der Waals surface area contributed by atoms with Crippen molar-refractivity contribution >= 4 is 15.9 Å². The second kappa shape index (κ2) is 4.75. The van der Waals surface area contributed by atoms with Crippen LogP contribution < -0.4 is 5.73 Å². The molecular weight excluding hydrogens is 249 g/mol. The first-order chi connectivity index (χ1) is 6.56. The molecule has 0 saturated carbocycles. The molecule has 0 fully saturated rings. The maximum atomic E-state index is 13.4. The minimum absolute atomic E-state index is 0.0853. The Morgan fingerprint density at radius 3 is 2.71 bits per heavy atom. The minimum atomic E-state index is -0.460. The zero-order valence-corrected chi connectivity index (χ0v) is 9.51. The average molecular weight is 262 g/mol. The Kier molecular flexibility index (Phi) is 3.89. The fraction of sp³-hybridized carbons (Fsp3) is 0.400. The average Bonchev–Trinajstić information content (AvgIpc) is 2.01. The number of halogens is 2. The molecule has 0 aliphatic rings. The Balaban J connectivity index is 3.07. The van der Waals surface area contributed by atoms with Gasteiger partial charge in [-0.25, -0.2) is 4.39 Å². The van der Waals surface area contributed by atoms with Crippen molar-refractivity contribution in [2.24, 2.45) is 5.73 Å². The van der Waals surface area contributed by atoms with Crippen LogP contribution in [0.25, 0.3) is 0 Å². The molecule has 1 rings (SSSR count).